The molecule has 214 valence electrons. The van der Waals surface area contributed by atoms with Gasteiger partial charge in [-0.25, -0.2) is 0 Å². The van der Waals surface area contributed by atoms with Crippen LogP contribution in [0.15, 0.2) is 12.2 Å². The van der Waals surface area contributed by atoms with E-state index in [0.717, 1.165) is 41.6 Å². The first-order valence-electron chi connectivity index (χ1n) is 16.3. The Hall–Kier alpha value is -0.163. The summed E-state index contributed by atoms with van der Waals surface area (Å²) in [6.45, 7) is 18.6. The predicted octanol–water partition coefficient (Wildman–Crippen LogP) is 9.30. The van der Waals surface area contributed by atoms with Crippen LogP contribution in [0.1, 0.15) is 119 Å². The summed E-state index contributed by atoms with van der Waals surface area (Å²) in [6.07, 6.45) is 20.7. The van der Waals surface area contributed by atoms with Crippen LogP contribution in [0.4, 0.5) is 0 Å². The lowest BCUT2D eigenvalue weighted by Gasteiger charge is -2.60. The molecule has 4 rings (SSSR count). The Morgan fingerprint density at radius 2 is 1.49 bits per heavy atom. The van der Waals surface area contributed by atoms with Gasteiger partial charge in [0.25, 0.3) is 0 Å². The Bertz CT molecular complexity index is 737. The fourth-order valence-corrected chi connectivity index (χ4v) is 13.3. The van der Waals surface area contributed by atoms with E-state index in [1.165, 1.54) is 70.6 Å². The highest BCUT2D eigenvalue weighted by Gasteiger charge is 2.59. The lowest BCUT2D eigenvalue weighted by molar-refractivity contribution is -0.0955. The van der Waals surface area contributed by atoms with Gasteiger partial charge in [-0.1, -0.05) is 59.1 Å². The average Bonchev–Trinajstić information content (AvgIpc) is 3.21. The van der Waals surface area contributed by atoms with Crippen LogP contribution in [-0.4, -0.2) is 28.6 Å². The Morgan fingerprint density at radius 3 is 2.16 bits per heavy atom. The van der Waals surface area contributed by atoms with Crippen LogP contribution in [0.2, 0.25) is 6.04 Å². The van der Waals surface area contributed by atoms with Crippen molar-refractivity contribution >= 4 is 8.80 Å². The van der Waals surface area contributed by atoms with Gasteiger partial charge in [0.1, 0.15) is 0 Å². The van der Waals surface area contributed by atoms with E-state index in [4.69, 9.17) is 13.3 Å². The van der Waals surface area contributed by atoms with Crippen molar-refractivity contribution in [2.45, 2.75) is 125 Å². The monoisotopic (exact) mass is 532 g/mol. The third-order valence-corrected chi connectivity index (χ3v) is 15.4. The third-order valence-electron chi connectivity index (χ3n) is 12.0. The second kappa shape index (κ2) is 12.6. The highest BCUT2D eigenvalue weighted by atomic mass is 28.4. The molecule has 37 heavy (non-hydrogen) atoms. The average molecular weight is 533 g/mol. The van der Waals surface area contributed by atoms with Crippen molar-refractivity contribution in [2.75, 3.05) is 19.8 Å². The van der Waals surface area contributed by atoms with Gasteiger partial charge in [-0.15, -0.1) is 0 Å². The van der Waals surface area contributed by atoms with Crippen molar-refractivity contribution in [3.8, 4) is 0 Å². The maximum Gasteiger partial charge on any atom is 0.501 e. The lowest BCUT2D eigenvalue weighted by Crippen LogP contribution is -2.52. The maximum atomic E-state index is 6.14. The molecule has 0 saturated heterocycles. The summed E-state index contributed by atoms with van der Waals surface area (Å²) in [5.41, 5.74) is 1.17. The molecule has 0 aromatic rings. The zero-order chi connectivity index (χ0) is 26.7. The Morgan fingerprint density at radius 1 is 0.811 bits per heavy atom. The lowest BCUT2D eigenvalue weighted by atomic mass is 9.45. The fraction of sp³-hybridized carbons (Fsp3) is 0.939. The van der Waals surface area contributed by atoms with E-state index in [-0.39, 0.29) is 0 Å². The minimum Gasteiger partial charge on any atom is -0.374 e. The SMILES string of the molecule is CCO[Si](CC(C)CCC[C@@H](C)[C@H]1CC[C@H]2[C@@H]3CCC4C=CCC[C@]4(C)[C@H]3CC[C@]12C)(OCC)OCC. The third kappa shape index (κ3) is 5.98. The molecule has 0 N–H and O–H groups in total. The highest BCUT2D eigenvalue weighted by molar-refractivity contribution is 6.60. The van der Waals surface area contributed by atoms with Crippen LogP contribution in [0.3, 0.4) is 0 Å². The molecule has 0 aromatic carbocycles. The molecule has 0 amide bonds. The van der Waals surface area contributed by atoms with Gasteiger partial charge in [-0.2, -0.15) is 0 Å². The summed E-state index contributed by atoms with van der Waals surface area (Å²) in [4.78, 5) is 0. The number of rotatable bonds is 13. The van der Waals surface area contributed by atoms with Crippen LogP contribution in [0.25, 0.3) is 0 Å². The minimum absolute atomic E-state index is 0.584. The molecule has 0 heterocycles. The summed E-state index contributed by atoms with van der Waals surface area (Å²) in [6, 6.07) is 0.956. The molecule has 0 radical (unpaired) electrons. The molecule has 4 heteroatoms. The first-order valence-corrected chi connectivity index (χ1v) is 18.2. The summed E-state index contributed by atoms with van der Waals surface area (Å²) in [7, 11) is -2.54. The molecule has 4 aliphatic carbocycles. The van der Waals surface area contributed by atoms with Crippen molar-refractivity contribution in [1.82, 2.24) is 0 Å². The molecule has 0 aromatic heterocycles. The van der Waals surface area contributed by atoms with Gasteiger partial charge in [0.2, 0.25) is 0 Å². The van der Waals surface area contributed by atoms with Crippen LogP contribution in [-0.2, 0) is 13.3 Å². The summed E-state index contributed by atoms with van der Waals surface area (Å²) in [5, 5.41) is 0. The van der Waals surface area contributed by atoms with Gasteiger partial charge in [0, 0.05) is 25.9 Å². The molecular formula is C33H60O3Si. The van der Waals surface area contributed by atoms with Crippen LogP contribution >= 0.6 is 0 Å². The number of allylic oxidation sites excluding steroid dienone is 2. The van der Waals surface area contributed by atoms with Gasteiger partial charge >= 0.3 is 8.80 Å². The maximum absolute atomic E-state index is 6.14. The van der Waals surface area contributed by atoms with Gasteiger partial charge in [0.15, 0.2) is 0 Å². The van der Waals surface area contributed by atoms with E-state index in [1.54, 1.807) is 0 Å². The molecule has 2 unspecified atom stereocenters. The first-order chi connectivity index (χ1) is 17.7. The molecule has 0 aliphatic heterocycles. The second-order valence-electron chi connectivity index (χ2n) is 14.0. The van der Waals surface area contributed by atoms with Crippen molar-refractivity contribution in [3.05, 3.63) is 12.2 Å². The van der Waals surface area contributed by atoms with Gasteiger partial charge in [0.05, 0.1) is 0 Å². The molecule has 0 spiro atoms. The van der Waals surface area contributed by atoms with Crippen LogP contribution < -0.4 is 0 Å². The van der Waals surface area contributed by atoms with E-state index in [0.29, 0.717) is 36.6 Å². The highest BCUT2D eigenvalue weighted by Crippen LogP contribution is 2.67. The molecular weight excluding hydrogens is 472 g/mol. The molecule has 3 nitrogen and oxygen atoms in total. The van der Waals surface area contributed by atoms with Gasteiger partial charge < -0.3 is 13.3 Å². The van der Waals surface area contributed by atoms with Crippen molar-refractivity contribution in [3.63, 3.8) is 0 Å². The van der Waals surface area contributed by atoms with E-state index < -0.39 is 8.80 Å². The number of hydrogen-bond acceptors (Lipinski definition) is 3. The normalized spacial score (nSPS) is 39.1. The van der Waals surface area contributed by atoms with Gasteiger partial charge in [-0.05, 0) is 124 Å². The van der Waals surface area contributed by atoms with Crippen molar-refractivity contribution < 1.29 is 13.3 Å². The van der Waals surface area contributed by atoms with Gasteiger partial charge in [-0.3, -0.25) is 0 Å². The molecule has 3 saturated carbocycles. The van der Waals surface area contributed by atoms with E-state index in [9.17, 15) is 0 Å². The zero-order valence-electron chi connectivity index (χ0n) is 25.5. The molecule has 4 aliphatic rings. The standard InChI is InChI=1S/C33H60O3Si/c1-8-34-37(35-9-2,36-10-3)24-25(4)14-13-15-26(5)29-19-20-30-28-18-17-27-16-11-12-22-32(27,6)31(28)21-23-33(29,30)7/h11,16,25-31H,8-10,12-15,17-24H2,1-7H3/t25?,26-,27?,28+,29-,30+,31+,32+,33-/m1/s1. The minimum atomic E-state index is -2.54. The zero-order valence-corrected chi connectivity index (χ0v) is 26.5. The van der Waals surface area contributed by atoms with E-state index in [2.05, 4.69) is 60.6 Å². The molecule has 3 fully saturated rings. The van der Waals surface area contributed by atoms with E-state index >= 15 is 0 Å². The first kappa shape index (κ1) is 29.8. The quantitative estimate of drug-likeness (QED) is 0.175. The van der Waals surface area contributed by atoms with Crippen LogP contribution in [0, 0.1) is 52.3 Å². The number of fused-ring (bicyclic) bond motifs is 5. The summed E-state index contributed by atoms with van der Waals surface area (Å²) in [5.74, 6) is 6.18. The predicted molar refractivity (Wildman–Crippen MR) is 157 cm³/mol. The molecule has 0 bridgehead atoms. The molecule has 9 atom stereocenters. The fourth-order valence-electron chi connectivity index (χ4n) is 10.3. The van der Waals surface area contributed by atoms with Crippen molar-refractivity contribution in [1.29, 1.82) is 0 Å². The topological polar surface area (TPSA) is 27.7 Å². The smallest absolute Gasteiger partial charge is 0.374 e. The van der Waals surface area contributed by atoms with Crippen molar-refractivity contribution in [2.24, 2.45) is 52.3 Å². The Labute approximate surface area is 231 Å². The second-order valence-corrected chi connectivity index (χ2v) is 16.6. The number of hydrogen-bond donors (Lipinski definition) is 0. The Balaban J connectivity index is 1.32. The summed E-state index contributed by atoms with van der Waals surface area (Å²) >= 11 is 0. The largest absolute Gasteiger partial charge is 0.501 e. The van der Waals surface area contributed by atoms with E-state index in [1.807, 2.05) is 0 Å². The Kier molecular flexibility index (Phi) is 10.1. The van der Waals surface area contributed by atoms with Crippen LogP contribution in [0.5, 0.6) is 0 Å². The summed E-state index contributed by atoms with van der Waals surface area (Å²) < 4.78 is 18.4.